The highest BCUT2D eigenvalue weighted by Crippen LogP contribution is 2.33. The molecule has 0 radical (unpaired) electrons. The lowest BCUT2D eigenvalue weighted by molar-refractivity contribution is 0.0904. The average Bonchev–Trinajstić information content (AvgIpc) is 3.36. The number of fused-ring (bicyclic) bond motifs is 1. The highest BCUT2D eigenvalue weighted by molar-refractivity contribution is 5.80. The Labute approximate surface area is 164 Å². The predicted molar refractivity (Wildman–Crippen MR) is 106 cm³/mol. The summed E-state index contributed by atoms with van der Waals surface area (Å²) in [4.78, 5) is 15.1. The molecule has 6 heteroatoms. The topological polar surface area (TPSA) is 71.5 Å². The number of aromatic nitrogens is 1. The molecule has 1 fully saturated rings. The summed E-state index contributed by atoms with van der Waals surface area (Å²) in [7, 11) is 0. The Kier molecular flexibility index (Phi) is 5.37. The van der Waals surface area contributed by atoms with Gasteiger partial charge in [0.15, 0.2) is 5.58 Å². The Morgan fingerprint density at radius 1 is 1.21 bits per heavy atom. The van der Waals surface area contributed by atoms with E-state index in [1.54, 1.807) is 6.26 Å². The summed E-state index contributed by atoms with van der Waals surface area (Å²) >= 11 is 0. The number of nitrogens with zero attached hydrogens (tertiary/aromatic N) is 2. The summed E-state index contributed by atoms with van der Waals surface area (Å²) in [6, 6.07) is 11.6. The summed E-state index contributed by atoms with van der Waals surface area (Å²) < 4.78 is 10.9. The highest BCUT2D eigenvalue weighted by atomic mass is 16.5. The van der Waals surface area contributed by atoms with Gasteiger partial charge in [0.05, 0.1) is 19.4 Å². The number of para-hydroxylation sites is 1. The van der Waals surface area contributed by atoms with Gasteiger partial charge in [-0.2, -0.15) is 0 Å². The van der Waals surface area contributed by atoms with Crippen molar-refractivity contribution in [2.75, 3.05) is 0 Å². The number of urea groups is 1. The minimum Gasteiger partial charge on any atom is -0.467 e. The zero-order valence-electron chi connectivity index (χ0n) is 16.4. The first-order valence-corrected chi connectivity index (χ1v) is 10.0. The third-order valence-corrected chi connectivity index (χ3v) is 6.09. The molecule has 1 aromatic carbocycles. The highest BCUT2D eigenvalue weighted by Gasteiger charge is 2.34. The van der Waals surface area contributed by atoms with Crippen molar-refractivity contribution in [1.82, 2.24) is 15.4 Å². The quantitative estimate of drug-likeness (QED) is 0.678. The van der Waals surface area contributed by atoms with Crippen LogP contribution >= 0.6 is 0 Å². The maximum atomic E-state index is 13.2. The number of amides is 2. The van der Waals surface area contributed by atoms with Crippen LogP contribution in [0.4, 0.5) is 4.79 Å². The number of benzene rings is 1. The molecule has 3 aromatic rings. The molecule has 1 saturated carbocycles. The molecule has 1 aliphatic carbocycles. The van der Waals surface area contributed by atoms with Crippen molar-refractivity contribution >= 4 is 17.0 Å². The second kappa shape index (κ2) is 8.09. The summed E-state index contributed by atoms with van der Waals surface area (Å²) in [6.07, 6.45) is 5.04. The lowest BCUT2D eigenvalue weighted by Gasteiger charge is -2.41. The number of hydrogen-bond donors (Lipinski definition) is 1. The molecule has 0 unspecified atom stereocenters. The third kappa shape index (κ3) is 3.77. The molecule has 1 N–H and O–H groups in total. The molecular weight excluding hydrogens is 354 g/mol. The number of nitrogens with one attached hydrogen (secondary N) is 1. The molecule has 148 valence electrons. The van der Waals surface area contributed by atoms with Crippen LogP contribution in [0.25, 0.3) is 11.0 Å². The fourth-order valence-electron chi connectivity index (χ4n) is 4.23. The zero-order valence-corrected chi connectivity index (χ0v) is 16.4. The first kappa shape index (κ1) is 18.6. The first-order valence-electron chi connectivity index (χ1n) is 10.0. The largest absolute Gasteiger partial charge is 0.467 e. The molecule has 0 saturated heterocycles. The molecule has 4 rings (SSSR count). The molecule has 1 aliphatic rings. The van der Waals surface area contributed by atoms with Gasteiger partial charge in [-0.3, -0.25) is 0 Å². The Morgan fingerprint density at radius 3 is 2.89 bits per heavy atom. The van der Waals surface area contributed by atoms with Gasteiger partial charge in [-0.25, -0.2) is 4.79 Å². The van der Waals surface area contributed by atoms with E-state index in [1.165, 1.54) is 6.42 Å². The van der Waals surface area contributed by atoms with Gasteiger partial charge in [-0.15, -0.1) is 0 Å². The lowest BCUT2D eigenvalue weighted by atomic mass is 9.77. The molecule has 2 aromatic heterocycles. The predicted octanol–water partition coefficient (Wildman–Crippen LogP) is 4.96. The molecule has 2 amide bonds. The lowest BCUT2D eigenvalue weighted by Crippen LogP contribution is -2.50. The van der Waals surface area contributed by atoms with Crippen LogP contribution in [0.3, 0.4) is 0 Å². The molecule has 0 spiro atoms. The van der Waals surface area contributed by atoms with Gasteiger partial charge in [-0.1, -0.05) is 44.0 Å². The maximum Gasteiger partial charge on any atom is 0.318 e. The van der Waals surface area contributed by atoms with E-state index in [2.05, 4.69) is 24.3 Å². The van der Waals surface area contributed by atoms with Gasteiger partial charge in [0.1, 0.15) is 11.5 Å². The van der Waals surface area contributed by atoms with Crippen molar-refractivity contribution in [3.05, 3.63) is 54.1 Å². The van der Waals surface area contributed by atoms with Gasteiger partial charge in [0.2, 0.25) is 0 Å². The van der Waals surface area contributed by atoms with Crippen LogP contribution in [-0.4, -0.2) is 22.1 Å². The van der Waals surface area contributed by atoms with Crippen molar-refractivity contribution in [1.29, 1.82) is 0 Å². The fraction of sp³-hybridized carbons (Fsp3) is 0.455. The SMILES string of the molecule is C[C@@H]1[C@H](C)CCC[C@@H]1N(Cc1ccco1)C(=O)NCc1noc2ccccc12. The van der Waals surface area contributed by atoms with E-state index < -0.39 is 0 Å². The van der Waals surface area contributed by atoms with Gasteiger partial charge in [-0.05, 0) is 42.5 Å². The smallest absolute Gasteiger partial charge is 0.318 e. The van der Waals surface area contributed by atoms with Crippen LogP contribution in [0.15, 0.2) is 51.6 Å². The van der Waals surface area contributed by atoms with Crippen molar-refractivity contribution < 1.29 is 13.7 Å². The molecule has 0 bridgehead atoms. The van der Waals surface area contributed by atoms with E-state index in [4.69, 9.17) is 8.94 Å². The number of carbonyl (C=O) groups is 1. The summed E-state index contributed by atoms with van der Waals surface area (Å²) in [5.41, 5.74) is 1.47. The van der Waals surface area contributed by atoms with E-state index in [0.29, 0.717) is 24.9 Å². The van der Waals surface area contributed by atoms with Crippen molar-refractivity contribution in [3.8, 4) is 0 Å². The summed E-state index contributed by atoms with van der Waals surface area (Å²) in [6.45, 7) is 5.34. The minimum absolute atomic E-state index is 0.0885. The van der Waals surface area contributed by atoms with Gasteiger partial charge in [0.25, 0.3) is 0 Å². The Bertz CT molecular complexity index is 918. The Morgan fingerprint density at radius 2 is 2.07 bits per heavy atom. The van der Waals surface area contributed by atoms with E-state index in [1.807, 2.05) is 41.3 Å². The Balaban J connectivity index is 1.50. The number of carbonyl (C=O) groups excluding carboxylic acids is 1. The van der Waals surface area contributed by atoms with Crippen LogP contribution in [0.2, 0.25) is 0 Å². The van der Waals surface area contributed by atoms with Crippen LogP contribution in [-0.2, 0) is 13.1 Å². The standard InChI is InChI=1S/C22H27N3O3/c1-15-7-5-10-20(16(15)2)25(14-17-8-6-12-27-17)22(26)23-13-19-18-9-3-4-11-21(18)28-24-19/h3-4,6,8-9,11-12,15-16,20H,5,7,10,13-14H2,1-2H3,(H,23,26)/t15-,16-,20+/m1/s1. The van der Waals surface area contributed by atoms with E-state index in [-0.39, 0.29) is 12.1 Å². The molecule has 2 heterocycles. The van der Waals surface area contributed by atoms with Crippen molar-refractivity contribution in [3.63, 3.8) is 0 Å². The van der Waals surface area contributed by atoms with E-state index in [9.17, 15) is 4.79 Å². The third-order valence-electron chi connectivity index (χ3n) is 6.09. The van der Waals surface area contributed by atoms with Gasteiger partial charge < -0.3 is 19.2 Å². The molecule has 28 heavy (non-hydrogen) atoms. The van der Waals surface area contributed by atoms with E-state index >= 15 is 0 Å². The van der Waals surface area contributed by atoms with Crippen molar-refractivity contribution in [2.45, 2.75) is 52.2 Å². The van der Waals surface area contributed by atoms with Crippen molar-refractivity contribution in [2.24, 2.45) is 11.8 Å². The summed E-state index contributed by atoms with van der Waals surface area (Å²) in [5.74, 6) is 1.85. The number of furan rings is 1. The second-order valence-corrected chi connectivity index (χ2v) is 7.83. The first-order chi connectivity index (χ1) is 13.6. The van der Waals surface area contributed by atoms with Gasteiger partial charge >= 0.3 is 6.03 Å². The average molecular weight is 381 g/mol. The van der Waals surface area contributed by atoms with E-state index in [0.717, 1.165) is 35.3 Å². The van der Waals surface area contributed by atoms with Crippen LogP contribution in [0, 0.1) is 11.8 Å². The monoisotopic (exact) mass is 381 g/mol. The Hall–Kier alpha value is -2.76. The van der Waals surface area contributed by atoms with Gasteiger partial charge in [0, 0.05) is 11.4 Å². The molecule has 0 aliphatic heterocycles. The van der Waals surface area contributed by atoms with Crippen LogP contribution < -0.4 is 5.32 Å². The fourth-order valence-corrected chi connectivity index (χ4v) is 4.23. The zero-order chi connectivity index (χ0) is 19.5. The van der Waals surface area contributed by atoms with Crippen LogP contribution in [0.5, 0.6) is 0 Å². The van der Waals surface area contributed by atoms with Crippen LogP contribution in [0.1, 0.15) is 44.6 Å². The normalized spacial score (nSPS) is 22.3. The number of rotatable bonds is 5. The number of hydrogen-bond acceptors (Lipinski definition) is 4. The molecular formula is C22H27N3O3. The minimum atomic E-state index is -0.0885. The second-order valence-electron chi connectivity index (χ2n) is 7.83. The molecule has 3 atom stereocenters. The summed E-state index contributed by atoms with van der Waals surface area (Å²) in [5, 5.41) is 8.09. The molecule has 6 nitrogen and oxygen atoms in total. The maximum absolute atomic E-state index is 13.2.